The standard InChI is InChI=1S/C16H11ClF4/c1-10(8-11-2-7-14(17)15(18)9-11)12-3-5-13(6-4-12)16(19,20)21/h2-9H,1H3. The average molecular weight is 315 g/mol. The number of hydrogen-bond acceptors (Lipinski definition) is 0. The molecule has 0 aliphatic heterocycles. The predicted octanol–water partition coefficient (Wildman–Crippen LogP) is 6.06. The molecule has 2 aromatic rings. The Bertz CT molecular complexity index is 670. The molecular formula is C16H11ClF4. The highest BCUT2D eigenvalue weighted by Gasteiger charge is 2.29. The highest BCUT2D eigenvalue weighted by Crippen LogP contribution is 2.30. The molecule has 5 heteroatoms. The van der Waals surface area contributed by atoms with Crippen LogP contribution in [0.15, 0.2) is 42.5 Å². The molecule has 0 aromatic heterocycles. The Labute approximate surface area is 124 Å². The molecule has 0 unspecified atom stereocenters. The minimum atomic E-state index is -4.35. The van der Waals surface area contributed by atoms with Gasteiger partial charge in [-0.15, -0.1) is 0 Å². The second-order valence-electron chi connectivity index (χ2n) is 4.58. The van der Waals surface area contributed by atoms with Crippen LogP contribution in [0.2, 0.25) is 5.02 Å². The lowest BCUT2D eigenvalue weighted by atomic mass is 10.0. The molecule has 0 radical (unpaired) electrons. The Morgan fingerprint density at radius 3 is 2.19 bits per heavy atom. The van der Waals surface area contributed by atoms with Gasteiger partial charge in [0.1, 0.15) is 5.82 Å². The van der Waals surface area contributed by atoms with Gasteiger partial charge in [0, 0.05) is 0 Å². The molecule has 2 rings (SSSR count). The zero-order valence-corrected chi connectivity index (χ0v) is 11.8. The lowest BCUT2D eigenvalue weighted by Crippen LogP contribution is -2.04. The van der Waals surface area contributed by atoms with Crippen molar-refractivity contribution in [1.82, 2.24) is 0 Å². The number of benzene rings is 2. The summed E-state index contributed by atoms with van der Waals surface area (Å²) in [6, 6.07) is 9.17. The van der Waals surface area contributed by atoms with Crippen LogP contribution in [0.25, 0.3) is 11.6 Å². The zero-order valence-electron chi connectivity index (χ0n) is 11.0. The molecule has 0 bridgehead atoms. The van der Waals surface area contributed by atoms with E-state index in [-0.39, 0.29) is 5.02 Å². The van der Waals surface area contributed by atoms with Gasteiger partial charge in [-0.2, -0.15) is 13.2 Å². The summed E-state index contributed by atoms with van der Waals surface area (Å²) in [4.78, 5) is 0. The number of allylic oxidation sites excluding steroid dienone is 1. The minimum absolute atomic E-state index is 0.0272. The third-order valence-electron chi connectivity index (χ3n) is 2.99. The molecule has 0 N–H and O–H groups in total. The van der Waals surface area contributed by atoms with Crippen molar-refractivity contribution in [2.45, 2.75) is 13.1 Å². The maximum absolute atomic E-state index is 13.3. The SMILES string of the molecule is CC(=Cc1ccc(Cl)c(F)c1)c1ccc(C(F)(F)F)cc1. The fourth-order valence-electron chi connectivity index (χ4n) is 1.86. The molecule has 0 aliphatic rings. The van der Waals surface area contributed by atoms with Crippen LogP contribution in [-0.2, 0) is 6.18 Å². The van der Waals surface area contributed by atoms with Gasteiger partial charge in [-0.3, -0.25) is 0 Å². The van der Waals surface area contributed by atoms with Gasteiger partial charge < -0.3 is 0 Å². The van der Waals surface area contributed by atoms with Crippen molar-refractivity contribution in [3.05, 3.63) is 70.0 Å². The normalized spacial score (nSPS) is 12.6. The Kier molecular flexibility index (Phi) is 4.37. The van der Waals surface area contributed by atoms with Crippen molar-refractivity contribution in [2.75, 3.05) is 0 Å². The zero-order chi connectivity index (χ0) is 15.6. The first-order chi connectivity index (χ1) is 9.77. The first kappa shape index (κ1) is 15.6. The summed E-state index contributed by atoms with van der Waals surface area (Å²) in [6.45, 7) is 1.75. The second-order valence-corrected chi connectivity index (χ2v) is 4.98. The van der Waals surface area contributed by atoms with Crippen molar-refractivity contribution in [3.63, 3.8) is 0 Å². The molecule has 2 aromatic carbocycles. The van der Waals surface area contributed by atoms with E-state index in [9.17, 15) is 17.6 Å². The molecule has 0 atom stereocenters. The van der Waals surface area contributed by atoms with E-state index in [0.29, 0.717) is 11.1 Å². The summed E-state index contributed by atoms with van der Waals surface area (Å²) in [5.41, 5.74) is 1.26. The van der Waals surface area contributed by atoms with Crippen LogP contribution in [0.3, 0.4) is 0 Å². The number of rotatable bonds is 2. The third kappa shape index (κ3) is 3.85. The van der Waals surface area contributed by atoms with Crippen LogP contribution in [0, 0.1) is 5.82 Å². The predicted molar refractivity (Wildman–Crippen MR) is 76.4 cm³/mol. The lowest BCUT2D eigenvalue weighted by molar-refractivity contribution is -0.137. The van der Waals surface area contributed by atoms with E-state index in [0.717, 1.165) is 17.7 Å². The Morgan fingerprint density at radius 1 is 1.05 bits per heavy atom. The molecule has 0 saturated heterocycles. The first-order valence-electron chi connectivity index (χ1n) is 6.08. The molecule has 0 aliphatic carbocycles. The van der Waals surface area contributed by atoms with Gasteiger partial charge in [0.15, 0.2) is 0 Å². The van der Waals surface area contributed by atoms with Crippen molar-refractivity contribution in [2.24, 2.45) is 0 Å². The van der Waals surface area contributed by atoms with Crippen molar-refractivity contribution >= 4 is 23.3 Å². The van der Waals surface area contributed by atoms with Crippen LogP contribution >= 0.6 is 11.6 Å². The third-order valence-corrected chi connectivity index (χ3v) is 3.30. The van der Waals surface area contributed by atoms with Crippen LogP contribution < -0.4 is 0 Å². The van der Waals surface area contributed by atoms with E-state index in [1.54, 1.807) is 19.1 Å². The van der Waals surface area contributed by atoms with Gasteiger partial charge in [0.2, 0.25) is 0 Å². The topological polar surface area (TPSA) is 0 Å². The van der Waals surface area contributed by atoms with Crippen LogP contribution in [0.1, 0.15) is 23.6 Å². The lowest BCUT2D eigenvalue weighted by Gasteiger charge is -2.08. The van der Waals surface area contributed by atoms with Gasteiger partial charge >= 0.3 is 6.18 Å². The highest BCUT2D eigenvalue weighted by molar-refractivity contribution is 6.30. The minimum Gasteiger partial charge on any atom is -0.205 e. The Hall–Kier alpha value is -1.81. The van der Waals surface area contributed by atoms with Crippen LogP contribution in [0.4, 0.5) is 17.6 Å². The largest absolute Gasteiger partial charge is 0.416 e. The smallest absolute Gasteiger partial charge is 0.205 e. The molecule has 0 saturated carbocycles. The van der Waals surface area contributed by atoms with E-state index in [4.69, 9.17) is 11.6 Å². The Morgan fingerprint density at radius 2 is 1.67 bits per heavy atom. The number of halogens is 5. The molecular weight excluding hydrogens is 304 g/mol. The number of alkyl halides is 3. The average Bonchev–Trinajstić information content (AvgIpc) is 2.42. The molecule has 0 amide bonds. The maximum atomic E-state index is 13.3. The highest BCUT2D eigenvalue weighted by atomic mass is 35.5. The fraction of sp³-hybridized carbons (Fsp3) is 0.125. The van der Waals surface area contributed by atoms with Gasteiger partial charge in [-0.05, 0) is 47.9 Å². The van der Waals surface area contributed by atoms with Gasteiger partial charge in [-0.25, -0.2) is 4.39 Å². The molecule has 21 heavy (non-hydrogen) atoms. The quantitative estimate of drug-likeness (QED) is 0.467. The summed E-state index contributed by atoms with van der Waals surface area (Å²) >= 11 is 5.59. The number of hydrogen-bond donors (Lipinski definition) is 0. The van der Waals surface area contributed by atoms with Gasteiger partial charge in [0.25, 0.3) is 0 Å². The van der Waals surface area contributed by atoms with Crippen molar-refractivity contribution < 1.29 is 17.6 Å². The molecule has 110 valence electrons. The molecule has 0 fully saturated rings. The van der Waals surface area contributed by atoms with E-state index in [1.165, 1.54) is 24.3 Å². The first-order valence-corrected chi connectivity index (χ1v) is 6.46. The van der Waals surface area contributed by atoms with E-state index in [2.05, 4.69) is 0 Å². The summed E-state index contributed by atoms with van der Waals surface area (Å²) in [6.07, 6.45) is -2.67. The van der Waals surface area contributed by atoms with E-state index in [1.807, 2.05) is 0 Å². The van der Waals surface area contributed by atoms with E-state index >= 15 is 0 Å². The summed E-state index contributed by atoms with van der Waals surface area (Å²) < 4.78 is 50.8. The Balaban J connectivity index is 2.28. The van der Waals surface area contributed by atoms with Crippen LogP contribution in [-0.4, -0.2) is 0 Å². The molecule has 0 heterocycles. The van der Waals surface area contributed by atoms with E-state index < -0.39 is 17.6 Å². The summed E-state index contributed by atoms with van der Waals surface area (Å²) in [7, 11) is 0. The maximum Gasteiger partial charge on any atom is 0.416 e. The van der Waals surface area contributed by atoms with Crippen molar-refractivity contribution in [3.8, 4) is 0 Å². The fourth-order valence-corrected chi connectivity index (χ4v) is 1.98. The summed E-state index contributed by atoms with van der Waals surface area (Å²) in [5.74, 6) is -0.536. The van der Waals surface area contributed by atoms with Gasteiger partial charge in [0.05, 0.1) is 10.6 Å². The monoisotopic (exact) mass is 314 g/mol. The molecule has 0 spiro atoms. The van der Waals surface area contributed by atoms with Crippen molar-refractivity contribution in [1.29, 1.82) is 0 Å². The molecule has 0 nitrogen and oxygen atoms in total. The summed E-state index contributed by atoms with van der Waals surface area (Å²) in [5, 5.41) is 0.0272. The second kappa shape index (κ2) is 5.90. The van der Waals surface area contributed by atoms with Crippen LogP contribution in [0.5, 0.6) is 0 Å². The van der Waals surface area contributed by atoms with Gasteiger partial charge in [-0.1, -0.05) is 35.9 Å².